The van der Waals surface area contributed by atoms with Crippen molar-refractivity contribution < 1.29 is 19.1 Å². The Kier molecular flexibility index (Phi) is 5.80. The molecule has 4 aromatic rings. The second kappa shape index (κ2) is 8.83. The highest BCUT2D eigenvalue weighted by atomic mass is 16.5. The highest BCUT2D eigenvalue weighted by Gasteiger charge is 2.16. The standard InChI is InChI=1S/C25H22N2O4/c1-27(15-17-8-9-20-14-21(30-2)11-10-19(20)13-17)23(28)16-31-25(29)22-7-3-5-18-6-4-12-26-24(18)22/h3-14H,15-16H2,1-2H3. The van der Waals surface area contributed by atoms with Crippen molar-refractivity contribution in [3.8, 4) is 5.75 Å². The third-order valence-corrected chi connectivity index (χ3v) is 5.14. The lowest BCUT2D eigenvalue weighted by molar-refractivity contribution is -0.133. The maximum Gasteiger partial charge on any atom is 0.340 e. The van der Waals surface area contributed by atoms with Crippen molar-refractivity contribution in [2.24, 2.45) is 0 Å². The molecule has 1 heterocycles. The second-order valence-corrected chi connectivity index (χ2v) is 7.25. The van der Waals surface area contributed by atoms with Crippen molar-refractivity contribution in [3.63, 3.8) is 0 Å². The van der Waals surface area contributed by atoms with Crippen LogP contribution < -0.4 is 4.74 Å². The molecule has 3 aromatic carbocycles. The van der Waals surface area contributed by atoms with Gasteiger partial charge >= 0.3 is 5.97 Å². The fourth-order valence-electron chi connectivity index (χ4n) is 3.44. The number of methoxy groups -OCH3 is 1. The van der Waals surface area contributed by atoms with E-state index in [4.69, 9.17) is 9.47 Å². The fourth-order valence-corrected chi connectivity index (χ4v) is 3.44. The van der Waals surface area contributed by atoms with Crippen LogP contribution in [0.3, 0.4) is 0 Å². The molecular weight excluding hydrogens is 392 g/mol. The number of pyridine rings is 1. The van der Waals surface area contributed by atoms with Crippen molar-refractivity contribution >= 4 is 33.6 Å². The number of carbonyl (C=O) groups is 2. The quantitative estimate of drug-likeness (QED) is 0.442. The first-order valence-electron chi connectivity index (χ1n) is 9.86. The van der Waals surface area contributed by atoms with E-state index in [1.54, 1.807) is 43.5 Å². The zero-order valence-corrected chi connectivity index (χ0v) is 17.4. The minimum atomic E-state index is -0.564. The van der Waals surface area contributed by atoms with Crippen LogP contribution in [0.15, 0.2) is 72.9 Å². The summed E-state index contributed by atoms with van der Waals surface area (Å²) in [5.74, 6) is -0.0437. The van der Waals surface area contributed by atoms with E-state index < -0.39 is 5.97 Å². The zero-order valence-electron chi connectivity index (χ0n) is 17.4. The molecule has 0 fully saturated rings. The van der Waals surface area contributed by atoms with Gasteiger partial charge in [0, 0.05) is 25.2 Å². The van der Waals surface area contributed by atoms with Crippen LogP contribution in [-0.4, -0.2) is 42.5 Å². The average molecular weight is 414 g/mol. The number of ether oxygens (including phenoxy) is 2. The van der Waals surface area contributed by atoms with Crippen molar-refractivity contribution in [1.29, 1.82) is 0 Å². The Labute approximate surface area is 180 Å². The topological polar surface area (TPSA) is 68.7 Å². The highest BCUT2D eigenvalue weighted by Crippen LogP contribution is 2.22. The van der Waals surface area contributed by atoms with Gasteiger partial charge in [0.2, 0.25) is 0 Å². The lowest BCUT2D eigenvalue weighted by atomic mass is 10.1. The van der Waals surface area contributed by atoms with Crippen LogP contribution in [0.25, 0.3) is 21.7 Å². The van der Waals surface area contributed by atoms with E-state index in [1.165, 1.54) is 0 Å². The van der Waals surface area contributed by atoms with Crippen molar-refractivity contribution in [2.45, 2.75) is 6.54 Å². The molecule has 0 saturated carbocycles. The Morgan fingerprint density at radius 1 is 0.935 bits per heavy atom. The second-order valence-electron chi connectivity index (χ2n) is 7.25. The number of likely N-dealkylation sites (N-methyl/N-ethyl adjacent to an activating group) is 1. The van der Waals surface area contributed by atoms with Gasteiger partial charge in [-0.1, -0.05) is 36.4 Å². The van der Waals surface area contributed by atoms with Gasteiger partial charge in [0.1, 0.15) is 5.75 Å². The number of fused-ring (bicyclic) bond motifs is 2. The first-order chi connectivity index (χ1) is 15.0. The molecule has 0 unspecified atom stereocenters. The molecule has 31 heavy (non-hydrogen) atoms. The van der Waals surface area contributed by atoms with Gasteiger partial charge in [-0.3, -0.25) is 9.78 Å². The Balaban J connectivity index is 1.39. The average Bonchev–Trinajstić information content (AvgIpc) is 2.81. The van der Waals surface area contributed by atoms with Crippen LogP contribution in [0, 0.1) is 0 Å². The summed E-state index contributed by atoms with van der Waals surface area (Å²) in [7, 11) is 3.33. The Bertz CT molecular complexity index is 1260. The third kappa shape index (κ3) is 4.48. The van der Waals surface area contributed by atoms with Crippen LogP contribution in [0.2, 0.25) is 0 Å². The van der Waals surface area contributed by atoms with E-state index in [0.29, 0.717) is 17.6 Å². The first kappa shape index (κ1) is 20.3. The van der Waals surface area contributed by atoms with Crippen LogP contribution in [0.1, 0.15) is 15.9 Å². The molecule has 0 saturated heterocycles. The van der Waals surface area contributed by atoms with Gasteiger partial charge in [-0.15, -0.1) is 0 Å². The van der Waals surface area contributed by atoms with Gasteiger partial charge in [-0.05, 0) is 46.7 Å². The number of para-hydroxylation sites is 1. The fraction of sp³-hybridized carbons (Fsp3) is 0.160. The number of hydrogen-bond acceptors (Lipinski definition) is 5. The van der Waals surface area contributed by atoms with E-state index in [2.05, 4.69) is 4.98 Å². The summed E-state index contributed by atoms with van der Waals surface area (Å²) in [4.78, 5) is 30.8. The lowest BCUT2D eigenvalue weighted by Gasteiger charge is -2.18. The molecule has 0 spiro atoms. The number of esters is 1. The smallest absolute Gasteiger partial charge is 0.340 e. The largest absolute Gasteiger partial charge is 0.497 e. The number of nitrogens with zero attached hydrogens (tertiary/aromatic N) is 2. The van der Waals surface area contributed by atoms with E-state index in [-0.39, 0.29) is 12.5 Å². The zero-order chi connectivity index (χ0) is 21.8. The van der Waals surface area contributed by atoms with Gasteiger partial charge in [0.05, 0.1) is 18.2 Å². The van der Waals surface area contributed by atoms with E-state index >= 15 is 0 Å². The molecular formula is C25H22N2O4. The number of benzene rings is 3. The Morgan fingerprint density at radius 3 is 2.55 bits per heavy atom. The molecule has 0 aliphatic heterocycles. The molecule has 6 heteroatoms. The number of carbonyl (C=O) groups excluding carboxylic acids is 2. The molecule has 0 atom stereocenters. The van der Waals surface area contributed by atoms with E-state index in [0.717, 1.165) is 27.5 Å². The molecule has 1 amide bonds. The minimum Gasteiger partial charge on any atom is -0.497 e. The van der Waals surface area contributed by atoms with E-state index in [9.17, 15) is 9.59 Å². The number of hydrogen-bond donors (Lipinski definition) is 0. The van der Waals surface area contributed by atoms with Crippen molar-refractivity contribution in [3.05, 3.63) is 84.1 Å². The van der Waals surface area contributed by atoms with Crippen LogP contribution in [-0.2, 0) is 16.1 Å². The minimum absolute atomic E-state index is 0.281. The lowest BCUT2D eigenvalue weighted by Crippen LogP contribution is -2.30. The van der Waals surface area contributed by atoms with Gasteiger partial charge in [0.15, 0.2) is 6.61 Å². The number of amides is 1. The third-order valence-electron chi connectivity index (χ3n) is 5.14. The molecule has 0 bridgehead atoms. The van der Waals surface area contributed by atoms with Gasteiger partial charge < -0.3 is 14.4 Å². The number of aromatic nitrogens is 1. The van der Waals surface area contributed by atoms with Crippen molar-refractivity contribution in [1.82, 2.24) is 9.88 Å². The SMILES string of the molecule is COc1ccc2cc(CN(C)C(=O)COC(=O)c3cccc4cccnc34)ccc2c1. The molecule has 4 rings (SSSR count). The summed E-state index contributed by atoms with van der Waals surface area (Å²) in [5.41, 5.74) is 1.89. The van der Waals surface area contributed by atoms with Gasteiger partial charge in [-0.25, -0.2) is 4.79 Å². The first-order valence-corrected chi connectivity index (χ1v) is 9.86. The highest BCUT2D eigenvalue weighted by molar-refractivity contribution is 6.03. The molecule has 0 aliphatic rings. The molecule has 0 N–H and O–H groups in total. The summed E-state index contributed by atoms with van der Waals surface area (Å²) in [5, 5.41) is 2.97. The predicted molar refractivity (Wildman–Crippen MR) is 119 cm³/mol. The van der Waals surface area contributed by atoms with Crippen molar-refractivity contribution in [2.75, 3.05) is 20.8 Å². The van der Waals surface area contributed by atoms with Crippen LogP contribution in [0.5, 0.6) is 5.75 Å². The predicted octanol–water partition coefficient (Wildman–Crippen LogP) is 4.21. The molecule has 6 nitrogen and oxygen atoms in total. The van der Waals surface area contributed by atoms with Crippen LogP contribution >= 0.6 is 0 Å². The summed E-state index contributed by atoms with van der Waals surface area (Å²) in [6, 6.07) is 20.8. The molecule has 0 aliphatic carbocycles. The normalized spacial score (nSPS) is 10.8. The Hall–Kier alpha value is -3.93. The maximum absolute atomic E-state index is 12.5. The maximum atomic E-state index is 12.5. The molecule has 0 radical (unpaired) electrons. The summed E-state index contributed by atoms with van der Waals surface area (Å²) < 4.78 is 10.5. The van der Waals surface area contributed by atoms with E-state index in [1.807, 2.05) is 48.5 Å². The monoisotopic (exact) mass is 414 g/mol. The summed E-state index contributed by atoms with van der Waals surface area (Å²) in [6.45, 7) is 0.0809. The Morgan fingerprint density at radius 2 is 1.71 bits per heavy atom. The summed E-state index contributed by atoms with van der Waals surface area (Å²) >= 11 is 0. The van der Waals surface area contributed by atoms with Crippen LogP contribution in [0.4, 0.5) is 0 Å². The molecule has 156 valence electrons. The number of rotatable bonds is 6. The summed E-state index contributed by atoms with van der Waals surface area (Å²) in [6.07, 6.45) is 1.62. The van der Waals surface area contributed by atoms with Gasteiger partial charge in [0.25, 0.3) is 5.91 Å². The van der Waals surface area contributed by atoms with Gasteiger partial charge in [-0.2, -0.15) is 0 Å². The molecule has 1 aromatic heterocycles.